The molecule has 1 aliphatic heterocycles. The van der Waals surface area contributed by atoms with Crippen LogP contribution in [-0.4, -0.2) is 33.6 Å². The van der Waals surface area contributed by atoms with Crippen LogP contribution in [-0.2, 0) is 0 Å². The smallest absolute Gasteiger partial charge is 0.339 e. The SMILES string of the molecule is CC1CSSCC1Oc1ccc([N+](=O)[O-])cc1C(=O)O. The van der Waals surface area contributed by atoms with E-state index in [1.807, 2.05) is 6.92 Å². The first-order chi connectivity index (χ1) is 9.49. The third kappa shape index (κ3) is 3.37. The fraction of sp³-hybridized carbons (Fsp3) is 0.417. The Bertz CT molecular complexity index is 537. The van der Waals surface area contributed by atoms with Crippen LogP contribution < -0.4 is 4.74 Å². The number of nitro groups is 1. The molecule has 1 N–H and O–H groups in total. The maximum atomic E-state index is 11.2. The largest absolute Gasteiger partial charge is 0.488 e. The van der Waals surface area contributed by atoms with E-state index in [1.54, 1.807) is 21.6 Å². The number of aromatic carboxylic acids is 1. The fourth-order valence-corrected chi connectivity index (χ4v) is 4.53. The number of hydrogen-bond donors (Lipinski definition) is 1. The predicted octanol–water partition coefficient (Wildman–Crippen LogP) is 3.07. The number of non-ortho nitro benzene ring substituents is 1. The molecule has 1 aromatic rings. The molecule has 1 saturated heterocycles. The molecule has 0 saturated carbocycles. The molecule has 0 radical (unpaired) electrons. The molecule has 6 nitrogen and oxygen atoms in total. The number of rotatable bonds is 4. The average molecular weight is 315 g/mol. The minimum Gasteiger partial charge on any atom is -0.488 e. The molecule has 1 heterocycles. The van der Waals surface area contributed by atoms with Crippen molar-refractivity contribution < 1.29 is 19.6 Å². The third-order valence-corrected chi connectivity index (χ3v) is 5.57. The zero-order valence-electron chi connectivity index (χ0n) is 10.6. The Morgan fingerprint density at radius 1 is 1.45 bits per heavy atom. The molecule has 1 aliphatic rings. The van der Waals surface area contributed by atoms with Crippen LogP contribution in [0.3, 0.4) is 0 Å². The Hall–Kier alpha value is -1.41. The summed E-state index contributed by atoms with van der Waals surface area (Å²) in [6.45, 7) is 2.04. The van der Waals surface area contributed by atoms with Gasteiger partial charge in [-0.25, -0.2) is 4.79 Å². The van der Waals surface area contributed by atoms with E-state index < -0.39 is 10.9 Å². The normalized spacial score (nSPS) is 22.2. The molecule has 0 spiro atoms. The lowest BCUT2D eigenvalue weighted by molar-refractivity contribution is -0.384. The number of ether oxygens (including phenoxy) is 1. The van der Waals surface area contributed by atoms with Crippen molar-refractivity contribution in [3.63, 3.8) is 0 Å². The average Bonchev–Trinajstić information content (AvgIpc) is 2.41. The summed E-state index contributed by atoms with van der Waals surface area (Å²) in [6, 6.07) is 3.66. The summed E-state index contributed by atoms with van der Waals surface area (Å²) in [5.74, 6) is 0.965. The molecule has 0 amide bonds. The molecule has 2 atom stereocenters. The van der Waals surface area contributed by atoms with Gasteiger partial charge in [-0.1, -0.05) is 28.5 Å². The second-order valence-corrected chi connectivity index (χ2v) is 7.00. The summed E-state index contributed by atoms with van der Waals surface area (Å²) in [6.07, 6.45) is -0.0826. The number of nitro benzene ring substituents is 1. The Morgan fingerprint density at radius 3 is 2.75 bits per heavy atom. The van der Waals surface area contributed by atoms with Crippen molar-refractivity contribution in [1.29, 1.82) is 0 Å². The molecule has 20 heavy (non-hydrogen) atoms. The lowest BCUT2D eigenvalue weighted by Gasteiger charge is -2.28. The first-order valence-electron chi connectivity index (χ1n) is 5.92. The Labute approximate surface area is 123 Å². The number of nitrogens with zero attached hydrogens (tertiary/aromatic N) is 1. The van der Waals surface area contributed by atoms with Crippen LogP contribution >= 0.6 is 21.6 Å². The fourth-order valence-electron chi connectivity index (χ4n) is 1.76. The van der Waals surface area contributed by atoms with Crippen LogP contribution in [0.2, 0.25) is 0 Å². The van der Waals surface area contributed by atoms with Crippen LogP contribution in [0.25, 0.3) is 0 Å². The number of carboxylic acids is 1. The highest BCUT2D eigenvalue weighted by atomic mass is 33.1. The van der Waals surface area contributed by atoms with Crippen molar-refractivity contribution in [3.8, 4) is 5.75 Å². The van der Waals surface area contributed by atoms with Crippen molar-refractivity contribution >= 4 is 33.2 Å². The lowest BCUT2D eigenvalue weighted by Crippen LogP contribution is -2.31. The number of hydrogen-bond acceptors (Lipinski definition) is 6. The zero-order chi connectivity index (χ0) is 14.7. The van der Waals surface area contributed by atoms with Gasteiger partial charge >= 0.3 is 5.97 Å². The topological polar surface area (TPSA) is 89.7 Å². The van der Waals surface area contributed by atoms with E-state index in [0.717, 1.165) is 17.6 Å². The second-order valence-electron chi connectivity index (χ2n) is 4.45. The van der Waals surface area contributed by atoms with E-state index in [9.17, 15) is 14.9 Å². The molecule has 2 unspecified atom stereocenters. The standard InChI is InChI=1S/C12H13NO5S2/c1-7-5-19-20-6-11(7)18-10-3-2-8(13(16)17)4-9(10)12(14)15/h2-4,7,11H,5-6H2,1H3,(H,14,15). The van der Waals surface area contributed by atoms with E-state index in [1.165, 1.54) is 12.1 Å². The van der Waals surface area contributed by atoms with Crippen molar-refractivity contribution in [2.45, 2.75) is 13.0 Å². The van der Waals surface area contributed by atoms with Crippen LogP contribution in [0.4, 0.5) is 5.69 Å². The van der Waals surface area contributed by atoms with Gasteiger partial charge in [0, 0.05) is 29.6 Å². The highest BCUT2D eigenvalue weighted by Gasteiger charge is 2.26. The minimum absolute atomic E-state index is 0.0826. The maximum Gasteiger partial charge on any atom is 0.339 e. The minimum atomic E-state index is -1.23. The monoisotopic (exact) mass is 315 g/mol. The summed E-state index contributed by atoms with van der Waals surface area (Å²) in [5, 5.41) is 19.9. The Kier molecular flexibility index (Phi) is 4.77. The Balaban J connectivity index is 2.26. The maximum absolute atomic E-state index is 11.2. The number of carbonyl (C=O) groups is 1. The lowest BCUT2D eigenvalue weighted by atomic mass is 10.1. The molecular formula is C12H13NO5S2. The summed E-state index contributed by atoms with van der Waals surface area (Å²) in [7, 11) is 3.45. The molecule has 0 aromatic heterocycles. The van der Waals surface area contributed by atoms with Crippen molar-refractivity contribution in [3.05, 3.63) is 33.9 Å². The van der Waals surface area contributed by atoms with Gasteiger partial charge in [0.1, 0.15) is 17.4 Å². The van der Waals surface area contributed by atoms with Crippen LogP contribution in [0.15, 0.2) is 18.2 Å². The van der Waals surface area contributed by atoms with Crippen LogP contribution in [0.5, 0.6) is 5.75 Å². The van der Waals surface area contributed by atoms with E-state index >= 15 is 0 Å². The van der Waals surface area contributed by atoms with Crippen LogP contribution in [0.1, 0.15) is 17.3 Å². The molecule has 0 bridgehead atoms. The highest BCUT2D eigenvalue weighted by molar-refractivity contribution is 8.76. The first-order valence-corrected chi connectivity index (χ1v) is 8.40. The summed E-state index contributed by atoms with van der Waals surface area (Å²) >= 11 is 0. The summed E-state index contributed by atoms with van der Waals surface area (Å²) in [4.78, 5) is 21.3. The quantitative estimate of drug-likeness (QED) is 0.519. The van der Waals surface area contributed by atoms with Gasteiger partial charge in [-0.05, 0) is 6.07 Å². The summed E-state index contributed by atoms with van der Waals surface area (Å²) < 4.78 is 5.76. The molecule has 108 valence electrons. The molecule has 8 heteroatoms. The second kappa shape index (κ2) is 6.36. The van der Waals surface area contributed by atoms with Gasteiger partial charge < -0.3 is 9.84 Å². The Morgan fingerprint density at radius 2 is 2.15 bits per heavy atom. The van der Waals surface area contributed by atoms with Gasteiger partial charge in [0.2, 0.25) is 0 Å². The van der Waals surface area contributed by atoms with Crippen molar-refractivity contribution in [1.82, 2.24) is 0 Å². The summed E-state index contributed by atoms with van der Waals surface area (Å²) in [5.41, 5.74) is -0.425. The van der Waals surface area contributed by atoms with Crippen LogP contribution in [0, 0.1) is 16.0 Å². The molecule has 1 aromatic carbocycles. The molecule has 2 rings (SSSR count). The van der Waals surface area contributed by atoms with Crippen molar-refractivity contribution in [2.24, 2.45) is 5.92 Å². The van der Waals surface area contributed by atoms with Gasteiger partial charge in [-0.15, -0.1) is 0 Å². The van der Waals surface area contributed by atoms with Gasteiger partial charge in [0.25, 0.3) is 5.69 Å². The van der Waals surface area contributed by atoms with E-state index in [4.69, 9.17) is 9.84 Å². The zero-order valence-corrected chi connectivity index (χ0v) is 12.3. The first kappa shape index (κ1) is 15.0. The van der Waals surface area contributed by atoms with E-state index in [0.29, 0.717) is 5.92 Å². The third-order valence-electron chi connectivity index (χ3n) is 2.96. The van der Waals surface area contributed by atoms with Gasteiger partial charge in [-0.2, -0.15) is 0 Å². The van der Waals surface area contributed by atoms with Gasteiger partial charge in [0.05, 0.1) is 4.92 Å². The van der Waals surface area contributed by atoms with Gasteiger partial charge in [-0.3, -0.25) is 10.1 Å². The number of benzene rings is 1. The van der Waals surface area contributed by atoms with E-state index in [2.05, 4.69) is 0 Å². The van der Waals surface area contributed by atoms with Gasteiger partial charge in [0.15, 0.2) is 0 Å². The van der Waals surface area contributed by atoms with Crippen molar-refractivity contribution in [2.75, 3.05) is 11.5 Å². The predicted molar refractivity (Wildman–Crippen MR) is 78.6 cm³/mol. The van der Waals surface area contributed by atoms with E-state index in [-0.39, 0.29) is 23.1 Å². The number of carboxylic acid groups (broad SMARTS) is 1. The molecule has 1 fully saturated rings. The highest BCUT2D eigenvalue weighted by Crippen LogP contribution is 2.35. The molecule has 0 aliphatic carbocycles. The molecular weight excluding hydrogens is 302 g/mol.